The Morgan fingerprint density at radius 1 is 1.17 bits per heavy atom. The van der Waals surface area contributed by atoms with Crippen LogP contribution in [0, 0.1) is 17.6 Å². The maximum Gasteiger partial charge on any atom is 0.405 e. The second-order valence-corrected chi connectivity index (χ2v) is 10.9. The van der Waals surface area contributed by atoms with Gasteiger partial charge in [-0.1, -0.05) is 17.7 Å². The van der Waals surface area contributed by atoms with Crippen molar-refractivity contribution in [3.8, 4) is 11.5 Å². The lowest BCUT2D eigenvalue weighted by atomic mass is 10.1. The smallest absolute Gasteiger partial charge is 0.405 e. The molecule has 1 aliphatic heterocycles. The SMILES string of the molecule is COc1ccc(CN(c2cccc(F)n2)S(=O)c2c(F)cc(N3CCC(C=O)(OC(O)(O)O)C3)c(Cl)c2F)c(OC)c1. The lowest BCUT2D eigenvalue weighted by Crippen LogP contribution is -2.47. The summed E-state index contributed by atoms with van der Waals surface area (Å²) in [5.41, 5.74) is -1.80. The molecule has 42 heavy (non-hydrogen) atoms. The topological polar surface area (TPSA) is 142 Å². The number of anilines is 2. The van der Waals surface area contributed by atoms with Crippen LogP contribution in [-0.4, -0.2) is 69.9 Å². The van der Waals surface area contributed by atoms with Crippen molar-refractivity contribution in [3.63, 3.8) is 0 Å². The fourth-order valence-electron chi connectivity index (χ4n) is 4.45. The summed E-state index contributed by atoms with van der Waals surface area (Å²) in [7, 11) is 0.133. The largest absolute Gasteiger partial charge is 0.497 e. The molecule has 3 aromatic rings. The second-order valence-electron chi connectivity index (χ2n) is 9.15. The minimum atomic E-state index is -3.64. The average Bonchev–Trinajstić information content (AvgIpc) is 3.36. The van der Waals surface area contributed by atoms with E-state index in [-0.39, 0.29) is 43.1 Å². The van der Waals surface area contributed by atoms with Gasteiger partial charge in [0.2, 0.25) is 5.95 Å². The van der Waals surface area contributed by atoms with Crippen LogP contribution in [0.25, 0.3) is 0 Å². The van der Waals surface area contributed by atoms with E-state index >= 15 is 8.78 Å². The molecular formula is C26H25ClF3N3O8S. The summed E-state index contributed by atoms with van der Waals surface area (Å²) in [6.45, 7) is -0.852. The van der Waals surface area contributed by atoms with Crippen molar-refractivity contribution in [1.82, 2.24) is 4.98 Å². The summed E-state index contributed by atoms with van der Waals surface area (Å²) in [4.78, 5) is 15.6. The number of ether oxygens (including phenoxy) is 3. The highest BCUT2D eigenvalue weighted by Gasteiger charge is 2.46. The van der Waals surface area contributed by atoms with Gasteiger partial charge in [-0.15, -0.1) is 0 Å². The number of rotatable bonds is 11. The van der Waals surface area contributed by atoms with Crippen LogP contribution in [0.2, 0.25) is 5.02 Å². The first-order chi connectivity index (χ1) is 19.8. The normalized spacial score (nSPS) is 17.7. The number of nitrogens with zero attached hydrogens (tertiary/aromatic N) is 3. The van der Waals surface area contributed by atoms with E-state index in [0.29, 0.717) is 11.3 Å². The summed E-state index contributed by atoms with van der Waals surface area (Å²) in [6.07, 6.45) is -3.62. The third-order valence-electron chi connectivity index (χ3n) is 6.40. The second kappa shape index (κ2) is 12.4. The number of hydrogen-bond donors (Lipinski definition) is 3. The number of carbonyl (C=O) groups excluding carboxylic acids is 1. The van der Waals surface area contributed by atoms with Crippen LogP contribution in [0.5, 0.6) is 11.5 Å². The molecule has 2 unspecified atom stereocenters. The van der Waals surface area contributed by atoms with Gasteiger partial charge < -0.3 is 34.5 Å². The van der Waals surface area contributed by atoms with Crippen molar-refractivity contribution >= 4 is 40.4 Å². The van der Waals surface area contributed by atoms with Gasteiger partial charge in [0.1, 0.15) is 33.1 Å². The predicted octanol–water partition coefficient (Wildman–Crippen LogP) is 2.65. The van der Waals surface area contributed by atoms with Gasteiger partial charge in [-0.25, -0.2) is 18.0 Å². The molecule has 1 saturated heterocycles. The highest BCUT2D eigenvalue weighted by molar-refractivity contribution is 7.86. The van der Waals surface area contributed by atoms with E-state index < -0.39 is 56.8 Å². The number of benzene rings is 2. The molecule has 3 N–H and O–H groups in total. The molecule has 0 amide bonds. The lowest BCUT2D eigenvalue weighted by molar-refractivity contribution is -0.472. The highest BCUT2D eigenvalue weighted by Crippen LogP contribution is 2.39. The lowest BCUT2D eigenvalue weighted by Gasteiger charge is -2.29. The zero-order valence-electron chi connectivity index (χ0n) is 22.1. The number of aldehydes is 1. The number of pyridine rings is 1. The van der Waals surface area contributed by atoms with Gasteiger partial charge in [0.25, 0.3) is 0 Å². The Hall–Kier alpha value is -3.47. The Morgan fingerprint density at radius 2 is 1.90 bits per heavy atom. The Morgan fingerprint density at radius 3 is 2.52 bits per heavy atom. The fourth-order valence-corrected chi connectivity index (χ4v) is 6.01. The van der Waals surface area contributed by atoms with E-state index in [0.717, 1.165) is 16.4 Å². The summed E-state index contributed by atoms with van der Waals surface area (Å²) in [5, 5.41) is 26.9. The van der Waals surface area contributed by atoms with Crippen LogP contribution in [0.4, 0.5) is 24.7 Å². The summed E-state index contributed by atoms with van der Waals surface area (Å²) in [5.74, 6) is -3.11. The monoisotopic (exact) mass is 631 g/mol. The minimum absolute atomic E-state index is 0.0908. The van der Waals surface area contributed by atoms with Crippen LogP contribution < -0.4 is 18.7 Å². The minimum Gasteiger partial charge on any atom is -0.497 e. The molecule has 11 nitrogen and oxygen atoms in total. The van der Waals surface area contributed by atoms with E-state index in [1.165, 1.54) is 37.3 Å². The zero-order chi connectivity index (χ0) is 30.8. The zero-order valence-corrected chi connectivity index (χ0v) is 23.7. The molecule has 226 valence electrons. The van der Waals surface area contributed by atoms with Gasteiger partial charge in [-0.2, -0.15) is 4.39 Å². The number of aliphatic hydroxyl groups is 3. The summed E-state index contributed by atoms with van der Waals surface area (Å²) < 4.78 is 75.4. The predicted molar refractivity (Wildman–Crippen MR) is 144 cm³/mol. The van der Waals surface area contributed by atoms with Crippen molar-refractivity contribution in [2.75, 3.05) is 36.5 Å². The first kappa shape index (κ1) is 31.5. The van der Waals surface area contributed by atoms with Crippen molar-refractivity contribution in [2.24, 2.45) is 0 Å². The molecule has 16 heteroatoms. The molecule has 0 radical (unpaired) electrons. The molecule has 1 fully saturated rings. The molecule has 0 aliphatic carbocycles. The molecule has 2 atom stereocenters. The Balaban J connectivity index is 1.73. The molecule has 1 aromatic heterocycles. The third kappa shape index (κ3) is 6.61. The van der Waals surface area contributed by atoms with Crippen molar-refractivity contribution in [3.05, 3.63) is 70.6 Å². The maximum atomic E-state index is 15.7. The Labute approximate surface area is 245 Å². The highest BCUT2D eigenvalue weighted by atomic mass is 35.5. The standard InChI is InChI=1S/C26H25ClF3N3O8S/c1-39-16-7-6-15(19(10-16)40-2)12-33(21-5-3-4-20(29)31-21)42(38)24-17(28)11-18(22(27)23(24)30)32-9-8-25(13-32,14-34)41-26(35,36)37/h3-7,10-11,14,35-37H,8-9,12-13H2,1-2H3. The van der Waals surface area contributed by atoms with Gasteiger partial charge in [0, 0.05) is 30.7 Å². The summed E-state index contributed by atoms with van der Waals surface area (Å²) >= 11 is 6.26. The number of hydrogen-bond acceptors (Lipinski definition) is 10. The van der Waals surface area contributed by atoms with Gasteiger partial charge in [0.05, 0.1) is 33.0 Å². The molecule has 0 bridgehead atoms. The van der Waals surface area contributed by atoms with E-state index in [2.05, 4.69) is 9.72 Å². The first-order valence-corrected chi connectivity index (χ1v) is 13.6. The number of carbonyl (C=O) groups is 1. The van der Waals surface area contributed by atoms with E-state index in [9.17, 15) is 28.7 Å². The molecule has 4 rings (SSSR count). The number of aromatic nitrogens is 1. The Kier molecular flexibility index (Phi) is 9.30. The molecule has 2 heterocycles. The Bertz CT molecular complexity index is 1510. The van der Waals surface area contributed by atoms with Gasteiger partial charge in [-0.05, 0) is 24.3 Å². The van der Waals surface area contributed by atoms with Crippen LogP contribution in [0.15, 0.2) is 47.4 Å². The third-order valence-corrected chi connectivity index (χ3v) is 8.19. The molecule has 1 aliphatic rings. The van der Waals surface area contributed by atoms with Crippen LogP contribution in [0.3, 0.4) is 0 Å². The molecule has 0 saturated carbocycles. The molecular weight excluding hydrogens is 607 g/mol. The van der Waals surface area contributed by atoms with E-state index in [4.69, 9.17) is 21.1 Å². The van der Waals surface area contributed by atoms with E-state index in [1.807, 2.05) is 0 Å². The van der Waals surface area contributed by atoms with Crippen LogP contribution in [-0.2, 0) is 27.1 Å². The summed E-state index contributed by atoms with van der Waals surface area (Å²) in [6, 6.07) is 9.10. The quantitative estimate of drug-likeness (QED) is 0.125. The van der Waals surface area contributed by atoms with Gasteiger partial charge in [-0.3, -0.25) is 9.04 Å². The van der Waals surface area contributed by atoms with Crippen molar-refractivity contribution in [2.45, 2.75) is 29.6 Å². The van der Waals surface area contributed by atoms with Crippen molar-refractivity contribution < 1.29 is 51.7 Å². The van der Waals surface area contributed by atoms with Crippen LogP contribution >= 0.6 is 11.6 Å². The van der Waals surface area contributed by atoms with Gasteiger partial charge >= 0.3 is 6.16 Å². The maximum absolute atomic E-state index is 15.7. The van der Waals surface area contributed by atoms with E-state index in [1.54, 1.807) is 12.1 Å². The van der Waals surface area contributed by atoms with Crippen molar-refractivity contribution in [1.29, 1.82) is 0 Å². The average molecular weight is 632 g/mol. The van der Waals surface area contributed by atoms with Gasteiger partial charge in [0.15, 0.2) is 28.7 Å². The first-order valence-electron chi connectivity index (χ1n) is 12.1. The number of methoxy groups -OCH3 is 2. The molecule has 2 aromatic carbocycles. The van der Waals surface area contributed by atoms with Crippen LogP contribution in [0.1, 0.15) is 12.0 Å². The molecule has 0 spiro atoms. The number of halogens is 4. The fraction of sp³-hybridized carbons (Fsp3) is 0.308.